The Labute approximate surface area is 136 Å². The lowest BCUT2D eigenvalue weighted by Crippen LogP contribution is -2.44. The Morgan fingerprint density at radius 1 is 1.43 bits per heavy atom. The lowest BCUT2D eigenvalue weighted by atomic mass is 9.91. The van der Waals surface area contributed by atoms with Gasteiger partial charge in [-0.3, -0.25) is 4.98 Å². The third kappa shape index (κ3) is 3.30. The molecule has 0 saturated carbocycles. The van der Waals surface area contributed by atoms with Crippen molar-refractivity contribution < 1.29 is 14.3 Å². The molecule has 6 heteroatoms. The van der Waals surface area contributed by atoms with E-state index in [-0.39, 0.29) is 17.8 Å². The van der Waals surface area contributed by atoms with Crippen molar-refractivity contribution >= 4 is 6.09 Å². The van der Waals surface area contributed by atoms with Crippen molar-refractivity contribution in [1.82, 2.24) is 9.88 Å². The smallest absolute Gasteiger partial charge is 0.410 e. The number of nitrogens with zero attached hydrogens (tertiary/aromatic N) is 3. The van der Waals surface area contributed by atoms with Gasteiger partial charge in [0.25, 0.3) is 0 Å². The van der Waals surface area contributed by atoms with E-state index in [1.165, 1.54) is 0 Å². The largest absolute Gasteiger partial charge is 0.444 e. The molecule has 2 saturated heterocycles. The number of likely N-dealkylation sites (tertiary alicyclic amines) is 1. The molecule has 2 fully saturated rings. The van der Waals surface area contributed by atoms with Crippen molar-refractivity contribution in [3.8, 4) is 6.07 Å². The highest BCUT2D eigenvalue weighted by Crippen LogP contribution is 2.55. The van der Waals surface area contributed by atoms with E-state index in [1.807, 2.05) is 26.8 Å². The molecule has 0 aliphatic carbocycles. The summed E-state index contributed by atoms with van der Waals surface area (Å²) < 4.78 is 11.3. The minimum Gasteiger partial charge on any atom is -0.444 e. The van der Waals surface area contributed by atoms with E-state index in [1.54, 1.807) is 17.2 Å². The minimum atomic E-state index is -0.475. The number of piperidine rings is 1. The predicted octanol–water partition coefficient (Wildman–Crippen LogP) is 2.79. The first kappa shape index (κ1) is 15.8. The minimum absolute atomic E-state index is 0.0315. The molecule has 0 aromatic carbocycles. The Morgan fingerprint density at radius 2 is 2.13 bits per heavy atom. The number of aromatic nitrogens is 1. The molecule has 1 aromatic heterocycles. The predicted molar refractivity (Wildman–Crippen MR) is 82.6 cm³/mol. The normalized spacial score (nSPS) is 22.5. The van der Waals surface area contributed by atoms with Gasteiger partial charge in [-0.15, -0.1) is 0 Å². The summed E-state index contributed by atoms with van der Waals surface area (Å²) in [5.41, 5.74) is 0.717. The highest BCUT2D eigenvalue weighted by Gasteiger charge is 2.59. The van der Waals surface area contributed by atoms with E-state index in [0.29, 0.717) is 18.7 Å². The summed E-state index contributed by atoms with van der Waals surface area (Å²) in [6.07, 6.45) is 2.83. The first-order chi connectivity index (χ1) is 10.8. The number of rotatable bonds is 1. The van der Waals surface area contributed by atoms with Gasteiger partial charge >= 0.3 is 6.09 Å². The van der Waals surface area contributed by atoms with Crippen LogP contribution in [0.25, 0.3) is 0 Å². The highest BCUT2D eigenvalue weighted by molar-refractivity contribution is 5.68. The first-order valence-corrected chi connectivity index (χ1v) is 7.85. The number of hydrogen-bond acceptors (Lipinski definition) is 5. The number of ether oxygens (including phenoxy) is 2. The average molecular weight is 315 g/mol. The lowest BCUT2D eigenvalue weighted by Gasteiger charge is -2.32. The van der Waals surface area contributed by atoms with Gasteiger partial charge in [-0.2, -0.15) is 5.26 Å². The third-order valence-electron chi connectivity index (χ3n) is 4.22. The Bertz CT molecular complexity index is 635. The van der Waals surface area contributed by atoms with Gasteiger partial charge in [0.05, 0.1) is 11.3 Å². The van der Waals surface area contributed by atoms with E-state index in [2.05, 4.69) is 11.1 Å². The molecule has 3 rings (SSSR count). The van der Waals surface area contributed by atoms with Crippen LogP contribution in [0.3, 0.4) is 0 Å². The van der Waals surface area contributed by atoms with E-state index >= 15 is 0 Å². The molecule has 2 aliphatic rings. The van der Waals surface area contributed by atoms with Gasteiger partial charge in [-0.25, -0.2) is 4.79 Å². The molecular weight excluding hydrogens is 294 g/mol. The second kappa shape index (κ2) is 5.50. The Kier molecular flexibility index (Phi) is 3.77. The lowest BCUT2D eigenvalue weighted by molar-refractivity contribution is 0.0165. The zero-order chi connectivity index (χ0) is 16.7. The molecule has 0 N–H and O–H groups in total. The monoisotopic (exact) mass is 315 g/mol. The molecule has 122 valence electrons. The zero-order valence-electron chi connectivity index (χ0n) is 13.7. The van der Waals surface area contributed by atoms with Crippen molar-refractivity contribution in [2.75, 3.05) is 13.1 Å². The standard InChI is InChI=1S/C17H21N3O3/c1-16(2,3)23-15(21)20-8-6-17(7-9-20)14(22-17)13-5-4-12(10-18)11-19-13/h4-5,11,14H,6-9H2,1-3H3. The van der Waals surface area contributed by atoms with E-state index < -0.39 is 5.60 Å². The molecule has 1 aromatic rings. The summed E-state index contributed by atoms with van der Waals surface area (Å²) in [5.74, 6) is 0. The highest BCUT2D eigenvalue weighted by atomic mass is 16.6. The average Bonchev–Trinajstić information content (AvgIpc) is 3.20. The fourth-order valence-electron chi connectivity index (χ4n) is 2.93. The van der Waals surface area contributed by atoms with Crippen LogP contribution in [0.15, 0.2) is 18.3 Å². The molecule has 2 aliphatic heterocycles. The van der Waals surface area contributed by atoms with Gasteiger partial charge in [0.15, 0.2) is 0 Å². The summed E-state index contributed by atoms with van der Waals surface area (Å²) in [4.78, 5) is 18.1. The van der Waals surface area contributed by atoms with Gasteiger partial charge in [0.1, 0.15) is 23.4 Å². The molecule has 1 atom stereocenters. The van der Waals surface area contributed by atoms with E-state index in [0.717, 1.165) is 18.5 Å². The van der Waals surface area contributed by atoms with Crippen LogP contribution >= 0.6 is 0 Å². The Hall–Kier alpha value is -2.13. The SMILES string of the molecule is CC(C)(C)OC(=O)N1CCC2(CC1)OC2c1ccc(C#N)cn1. The molecule has 3 heterocycles. The number of pyridine rings is 1. The summed E-state index contributed by atoms with van der Waals surface area (Å²) in [6, 6.07) is 5.66. The van der Waals surface area contributed by atoms with Crippen LogP contribution in [0, 0.1) is 11.3 Å². The fraction of sp³-hybridized carbons (Fsp3) is 0.588. The molecule has 1 amide bonds. The van der Waals surface area contributed by atoms with Crippen LogP contribution < -0.4 is 0 Å². The Morgan fingerprint density at radius 3 is 2.65 bits per heavy atom. The maximum absolute atomic E-state index is 12.1. The number of carbonyl (C=O) groups excluding carboxylic acids is 1. The van der Waals surface area contributed by atoms with Crippen LogP contribution in [0.4, 0.5) is 4.79 Å². The van der Waals surface area contributed by atoms with E-state index in [4.69, 9.17) is 14.7 Å². The van der Waals surface area contributed by atoms with Gasteiger partial charge in [-0.05, 0) is 45.7 Å². The zero-order valence-corrected chi connectivity index (χ0v) is 13.7. The maximum Gasteiger partial charge on any atom is 0.410 e. The van der Waals surface area contributed by atoms with Crippen LogP contribution in [0.5, 0.6) is 0 Å². The molecular formula is C17H21N3O3. The van der Waals surface area contributed by atoms with Crippen LogP contribution in [0.2, 0.25) is 0 Å². The summed E-state index contributed by atoms with van der Waals surface area (Å²) >= 11 is 0. The van der Waals surface area contributed by atoms with Gasteiger partial charge in [0.2, 0.25) is 0 Å². The van der Waals surface area contributed by atoms with Crippen molar-refractivity contribution in [2.24, 2.45) is 0 Å². The van der Waals surface area contributed by atoms with Crippen LogP contribution in [-0.4, -0.2) is 40.3 Å². The second-order valence-corrected chi connectivity index (χ2v) is 7.11. The van der Waals surface area contributed by atoms with E-state index in [9.17, 15) is 4.79 Å². The molecule has 23 heavy (non-hydrogen) atoms. The van der Waals surface area contributed by atoms with Gasteiger partial charge in [0, 0.05) is 19.3 Å². The molecule has 0 radical (unpaired) electrons. The van der Waals surface area contributed by atoms with Gasteiger partial charge in [-0.1, -0.05) is 0 Å². The van der Waals surface area contributed by atoms with Crippen LogP contribution in [-0.2, 0) is 9.47 Å². The maximum atomic E-state index is 12.1. The molecule has 0 bridgehead atoms. The number of carbonyl (C=O) groups is 1. The molecule has 6 nitrogen and oxygen atoms in total. The number of amides is 1. The van der Waals surface area contributed by atoms with Crippen molar-refractivity contribution in [3.05, 3.63) is 29.6 Å². The summed E-state index contributed by atoms with van der Waals surface area (Å²) in [6.45, 7) is 6.86. The van der Waals surface area contributed by atoms with Crippen LogP contribution in [0.1, 0.15) is 51.0 Å². The summed E-state index contributed by atoms with van der Waals surface area (Å²) in [7, 11) is 0. The quantitative estimate of drug-likeness (QED) is 0.745. The third-order valence-corrected chi connectivity index (χ3v) is 4.22. The Balaban J connectivity index is 1.57. The number of epoxide rings is 1. The molecule has 1 spiro atoms. The number of hydrogen-bond donors (Lipinski definition) is 0. The number of nitriles is 1. The first-order valence-electron chi connectivity index (χ1n) is 7.85. The fourth-order valence-corrected chi connectivity index (χ4v) is 2.93. The van der Waals surface area contributed by atoms with Crippen molar-refractivity contribution in [3.63, 3.8) is 0 Å². The van der Waals surface area contributed by atoms with Gasteiger partial charge < -0.3 is 14.4 Å². The topological polar surface area (TPSA) is 78.8 Å². The summed E-state index contributed by atoms with van der Waals surface area (Å²) in [5, 5.41) is 8.82. The van der Waals surface area contributed by atoms with Crippen molar-refractivity contribution in [1.29, 1.82) is 5.26 Å². The van der Waals surface area contributed by atoms with Crippen molar-refractivity contribution in [2.45, 2.75) is 50.9 Å². The second-order valence-electron chi connectivity index (χ2n) is 7.11. The molecule has 1 unspecified atom stereocenters.